The van der Waals surface area contributed by atoms with E-state index >= 15 is 0 Å². The highest BCUT2D eigenvalue weighted by Crippen LogP contribution is 2.34. The zero-order valence-corrected chi connectivity index (χ0v) is 17.1. The van der Waals surface area contributed by atoms with Crippen LogP contribution in [0.25, 0.3) is 22.2 Å². The highest BCUT2D eigenvalue weighted by Gasteiger charge is 2.18. The van der Waals surface area contributed by atoms with Crippen molar-refractivity contribution in [1.29, 1.82) is 0 Å². The number of halogens is 1. The summed E-state index contributed by atoms with van der Waals surface area (Å²) in [5.41, 5.74) is 3.59. The minimum atomic E-state index is -1.10. The molecule has 0 aliphatic rings. The Hall–Kier alpha value is -1.70. The Morgan fingerprint density at radius 1 is 1.20 bits per heavy atom. The van der Waals surface area contributed by atoms with Crippen molar-refractivity contribution in [3.8, 4) is 11.3 Å². The summed E-state index contributed by atoms with van der Waals surface area (Å²) in [6.45, 7) is 10.2. The Morgan fingerprint density at radius 2 is 1.96 bits per heavy atom. The van der Waals surface area contributed by atoms with Gasteiger partial charge in [0.25, 0.3) is 0 Å². The Balaban J connectivity index is 1.93. The molecule has 0 radical (unpaired) electrons. The van der Waals surface area contributed by atoms with Gasteiger partial charge in [0.1, 0.15) is 12.4 Å². The van der Waals surface area contributed by atoms with Crippen molar-refractivity contribution in [2.45, 2.75) is 39.3 Å². The molecule has 3 rings (SSSR count). The zero-order chi connectivity index (χ0) is 18.2. The molecule has 2 heterocycles. The number of aryl methyl sites for hydroxylation is 2. The number of hydrogen-bond acceptors (Lipinski definition) is 4. The van der Waals surface area contributed by atoms with E-state index in [-0.39, 0.29) is 0 Å². The Kier molecular flexibility index (Phi) is 4.99. The zero-order valence-electron chi connectivity index (χ0n) is 15.4. The van der Waals surface area contributed by atoms with E-state index in [1.807, 2.05) is 23.7 Å². The number of fused-ring (bicyclic) bond motifs is 1. The van der Waals surface area contributed by atoms with Gasteiger partial charge in [-0.25, -0.2) is 4.68 Å². The molecule has 0 bridgehead atoms. The second-order valence-corrected chi connectivity index (χ2v) is 13.5. The SMILES string of the molecule is Cc1nn(COCC[Si](C)(C)C)c2c(Cl)ccc(-c3cnn(C)n3)c12. The number of nitrogens with zero attached hydrogens (tertiary/aromatic N) is 5. The van der Waals surface area contributed by atoms with E-state index in [2.05, 4.69) is 34.9 Å². The summed E-state index contributed by atoms with van der Waals surface area (Å²) in [5.74, 6) is 0. The van der Waals surface area contributed by atoms with E-state index < -0.39 is 8.07 Å². The Bertz CT molecular complexity index is 896. The molecule has 0 N–H and O–H groups in total. The summed E-state index contributed by atoms with van der Waals surface area (Å²) in [6, 6.07) is 4.98. The van der Waals surface area contributed by atoms with Crippen molar-refractivity contribution in [2.24, 2.45) is 7.05 Å². The van der Waals surface area contributed by atoms with Gasteiger partial charge >= 0.3 is 0 Å². The highest BCUT2D eigenvalue weighted by molar-refractivity contribution is 6.76. The van der Waals surface area contributed by atoms with Crippen LogP contribution in [0.15, 0.2) is 18.3 Å². The average Bonchev–Trinajstić information content (AvgIpc) is 3.08. The number of benzene rings is 1. The third-order valence-electron chi connectivity index (χ3n) is 4.10. The van der Waals surface area contributed by atoms with Gasteiger partial charge in [-0.3, -0.25) is 0 Å². The molecule has 3 aromatic rings. The fourth-order valence-corrected chi connectivity index (χ4v) is 3.78. The maximum absolute atomic E-state index is 6.47. The monoisotopic (exact) mass is 377 g/mol. The summed E-state index contributed by atoms with van der Waals surface area (Å²) in [5, 5.41) is 14.9. The molecule has 2 aromatic heterocycles. The van der Waals surface area contributed by atoms with Crippen molar-refractivity contribution in [3.05, 3.63) is 29.0 Å². The second kappa shape index (κ2) is 6.90. The van der Waals surface area contributed by atoms with Gasteiger partial charge in [0.15, 0.2) is 0 Å². The van der Waals surface area contributed by atoms with Crippen LogP contribution in [0, 0.1) is 6.92 Å². The Labute approximate surface area is 153 Å². The lowest BCUT2D eigenvalue weighted by Crippen LogP contribution is -2.22. The first kappa shape index (κ1) is 18.1. The van der Waals surface area contributed by atoms with E-state index in [1.165, 1.54) is 0 Å². The number of ether oxygens (including phenoxy) is 1. The summed E-state index contributed by atoms with van der Waals surface area (Å²) >= 11 is 6.47. The fraction of sp³-hybridized carbons (Fsp3) is 0.471. The molecule has 0 saturated heterocycles. The van der Waals surface area contributed by atoms with Crippen LogP contribution in [-0.4, -0.2) is 39.5 Å². The largest absolute Gasteiger partial charge is 0.360 e. The van der Waals surface area contributed by atoms with Crippen LogP contribution in [0.3, 0.4) is 0 Å². The van der Waals surface area contributed by atoms with E-state index in [4.69, 9.17) is 16.3 Å². The first-order valence-corrected chi connectivity index (χ1v) is 12.4. The number of rotatable bonds is 6. The van der Waals surface area contributed by atoms with Crippen LogP contribution in [0.2, 0.25) is 30.7 Å². The molecular weight excluding hydrogens is 354 g/mol. The van der Waals surface area contributed by atoms with E-state index in [9.17, 15) is 0 Å². The Morgan fingerprint density at radius 3 is 2.60 bits per heavy atom. The van der Waals surface area contributed by atoms with Crippen LogP contribution in [0.4, 0.5) is 0 Å². The summed E-state index contributed by atoms with van der Waals surface area (Å²) in [4.78, 5) is 1.55. The third kappa shape index (κ3) is 3.94. The van der Waals surface area contributed by atoms with Crippen molar-refractivity contribution in [1.82, 2.24) is 24.8 Å². The lowest BCUT2D eigenvalue weighted by Gasteiger charge is -2.15. The van der Waals surface area contributed by atoms with Crippen molar-refractivity contribution < 1.29 is 4.74 Å². The number of aromatic nitrogens is 5. The van der Waals surface area contributed by atoms with Gasteiger partial charge in [0.2, 0.25) is 0 Å². The maximum atomic E-state index is 6.47. The van der Waals surface area contributed by atoms with Crippen LogP contribution in [0.1, 0.15) is 5.69 Å². The third-order valence-corrected chi connectivity index (χ3v) is 6.11. The summed E-state index contributed by atoms with van der Waals surface area (Å²) in [7, 11) is 0.701. The quantitative estimate of drug-likeness (QED) is 0.479. The van der Waals surface area contributed by atoms with Gasteiger partial charge in [-0.05, 0) is 19.0 Å². The van der Waals surface area contributed by atoms with Gasteiger partial charge in [-0.1, -0.05) is 37.3 Å². The first-order valence-electron chi connectivity index (χ1n) is 8.36. The minimum absolute atomic E-state index is 0.401. The van der Waals surface area contributed by atoms with E-state index in [0.29, 0.717) is 11.8 Å². The van der Waals surface area contributed by atoms with E-state index in [0.717, 1.165) is 40.5 Å². The first-order chi connectivity index (χ1) is 11.8. The van der Waals surface area contributed by atoms with Crippen LogP contribution < -0.4 is 0 Å². The lowest BCUT2D eigenvalue weighted by atomic mass is 10.1. The molecule has 0 fully saturated rings. The van der Waals surface area contributed by atoms with Gasteiger partial charge in [-0.2, -0.15) is 20.1 Å². The molecule has 0 unspecified atom stereocenters. The number of hydrogen-bond donors (Lipinski definition) is 0. The van der Waals surface area contributed by atoms with Crippen molar-refractivity contribution >= 4 is 30.6 Å². The molecule has 25 heavy (non-hydrogen) atoms. The van der Waals surface area contributed by atoms with Gasteiger partial charge in [0, 0.05) is 32.7 Å². The second-order valence-electron chi connectivity index (χ2n) is 7.47. The van der Waals surface area contributed by atoms with Gasteiger partial charge in [-0.15, -0.1) is 0 Å². The standard InChI is InChI=1S/C17H24ClN5OSi/c1-12-16-13(15-10-19-22(2)21-15)6-7-14(18)17(16)23(20-12)11-24-8-9-25(3,4)5/h6-7,10H,8-9,11H2,1-5H3. The normalized spacial score (nSPS) is 12.2. The molecule has 6 nitrogen and oxygen atoms in total. The van der Waals surface area contributed by atoms with Gasteiger partial charge < -0.3 is 4.74 Å². The highest BCUT2D eigenvalue weighted by atomic mass is 35.5. The van der Waals surface area contributed by atoms with Crippen LogP contribution in [-0.2, 0) is 18.5 Å². The summed E-state index contributed by atoms with van der Waals surface area (Å²) < 4.78 is 7.71. The average molecular weight is 378 g/mol. The molecule has 0 saturated carbocycles. The molecule has 0 spiro atoms. The molecule has 0 aliphatic carbocycles. The molecule has 0 aliphatic heterocycles. The molecule has 8 heteroatoms. The predicted molar refractivity (Wildman–Crippen MR) is 104 cm³/mol. The molecule has 1 aromatic carbocycles. The smallest absolute Gasteiger partial charge is 0.140 e. The fourth-order valence-electron chi connectivity index (χ4n) is 2.77. The predicted octanol–water partition coefficient (Wildman–Crippen LogP) is 4.11. The molecular formula is C17H24ClN5OSi. The minimum Gasteiger partial charge on any atom is -0.360 e. The maximum Gasteiger partial charge on any atom is 0.140 e. The summed E-state index contributed by atoms with van der Waals surface area (Å²) in [6.07, 6.45) is 1.75. The van der Waals surface area contributed by atoms with Crippen LogP contribution >= 0.6 is 11.6 Å². The molecule has 0 amide bonds. The lowest BCUT2D eigenvalue weighted by molar-refractivity contribution is 0.0815. The van der Waals surface area contributed by atoms with Gasteiger partial charge in [0.05, 0.1) is 22.4 Å². The molecule has 134 valence electrons. The molecule has 0 atom stereocenters. The van der Waals surface area contributed by atoms with Crippen LogP contribution in [0.5, 0.6) is 0 Å². The van der Waals surface area contributed by atoms with Crippen molar-refractivity contribution in [3.63, 3.8) is 0 Å². The van der Waals surface area contributed by atoms with E-state index in [1.54, 1.807) is 18.0 Å². The van der Waals surface area contributed by atoms with Crippen molar-refractivity contribution in [2.75, 3.05) is 6.61 Å². The topological polar surface area (TPSA) is 57.8 Å².